The van der Waals surface area contributed by atoms with Crippen molar-refractivity contribution in [3.05, 3.63) is 30.0 Å². The van der Waals surface area contributed by atoms with Gasteiger partial charge in [0.15, 0.2) is 0 Å². The summed E-state index contributed by atoms with van der Waals surface area (Å²) < 4.78 is 45.3. The molecule has 8 heteroatoms. The van der Waals surface area contributed by atoms with Crippen LogP contribution in [0.5, 0.6) is 5.75 Å². The molecule has 1 fully saturated rings. The summed E-state index contributed by atoms with van der Waals surface area (Å²) in [6.07, 6.45) is -2.41. The molecular weight excluding hydrogens is 323 g/mol. The molecule has 0 spiro atoms. The molecule has 1 aromatic carbocycles. The zero-order chi connectivity index (χ0) is 17.2. The van der Waals surface area contributed by atoms with E-state index in [9.17, 15) is 13.2 Å². The Kier molecular flexibility index (Phi) is 4.75. The lowest BCUT2D eigenvalue weighted by molar-refractivity contribution is -0.274. The second kappa shape index (κ2) is 6.80. The summed E-state index contributed by atoms with van der Waals surface area (Å²) in [5.41, 5.74) is 1.88. The maximum Gasteiger partial charge on any atom is 0.573 e. The maximum atomic E-state index is 12.2. The third kappa shape index (κ3) is 4.25. The zero-order valence-electron chi connectivity index (χ0n) is 13.2. The van der Waals surface area contributed by atoms with Gasteiger partial charge in [-0.2, -0.15) is 0 Å². The molecule has 0 unspecified atom stereocenters. The summed E-state index contributed by atoms with van der Waals surface area (Å²) in [5.74, 6) is 0.464. The summed E-state index contributed by atoms with van der Waals surface area (Å²) >= 11 is 0. The zero-order valence-corrected chi connectivity index (χ0v) is 13.2. The van der Waals surface area contributed by atoms with E-state index in [2.05, 4.69) is 26.9 Å². The van der Waals surface area contributed by atoms with Gasteiger partial charge in [-0.3, -0.25) is 4.90 Å². The first-order valence-corrected chi connectivity index (χ1v) is 7.81. The first kappa shape index (κ1) is 16.8. The van der Waals surface area contributed by atoms with Crippen LogP contribution in [-0.4, -0.2) is 34.7 Å². The van der Waals surface area contributed by atoms with E-state index in [1.54, 1.807) is 0 Å². The molecule has 0 amide bonds. The second-order valence-corrected chi connectivity index (χ2v) is 6.09. The van der Waals surface area contributed by atoms with Gasteiger partial charge in [0, 0.05) is 12.1 Å². The molecule has 1 aliphatic heterocycles. The van der Waals surface area contributed by atoms with E-state index in [0.717, 1.165) is 31.8 Å². The number of ether oxygens (including phenoxy) is 1. The van der Waals surface area contributed by atoms with Crippen LogP contribution in [0.3, 0.4) is 0 Å². The molecule has 1 aliphatic rings. The molecule has 2 heterocycles. The Morgan fingerprint density at radius 1 is 1.17 bits per heavy atom. The molecule has 0 radical (unpaired) electrons. The van der Waals surface area contributed by atoms with E-state index in [1.165, 1.54) is 24.3 Å². The highest BCUT2D eigenvalue weighted by atomic mass is 19.4. The number of piperidine rings is 1. The predicted octanol–water partition coefficient (Wildman–Crippen LogP) is 3.87. The lowest BCUT2D eigenvalue weighted by Crippen LogP contribution is -2.32. The highest BCUT2D eigenvalue weighted by Gasteiger charge is 2.31. The summed E-state index contributed by atoms with van der Waals surface area (Å²) in [6.45, 7) is 4.84. The van der Waals surface area contributed by atoms with Crippen molar-refractivity contribution < 1.29 is 22.5 Å². The molecule has 130 valence electrons. The molecule has 0 N–H and O–H groups in total. The van der Waals surface area contributed by atoms with Crippen molar-refractivity contribution in [2.24, 2.45) is 5.92 Å². The topological polar surface area (TPSA) is 51.4 Å². The van der Waals surface area contributed by atoms with E-state index in [1.807, 2.05) is 0 Å². The molecule has 1 aromatic heterocycles. The average Bonchev–Trinajstić information content (AvgIpc) is 2.97. The molecule has 3 rings (SSSR count). The van der Waals surface area contributed by atoms with Crippen LogP contribution in [-0.2, 0) is 6.54 Å². The lowest BCUT2D eigenvalue weighted by Gasteiger charge is -2.29. The normalized spacial score (nSPS) is 17.2. The smallest absolute Gasteiger partial charge is 0.406 e. The molecule has 0 atom stereocenters. The Morgan fingerprint density at radius 3 is 2.46 bits per heavy atom. The van der Waals surface area contributed by atoms with Crippen LogP contribution >= 0.6 is 0 Å². The monoisotopic (exact) mass is 341 g/mol. The molecule has 0 saturated carbocycles. The minimum absolute atomic E-state index is 0.269. The third-order valence-electron chi connectivity index (χ3n) is 4.17. The van der Waals surface area contributed by atoms with Crippen LogP contribution in [0, 0.1) is 5.92 Å². The van der Waals surface area contributed by atoms with Crippen molar-refractivity contribution in [2.75, 3.05) is 13.1 Å². The Hall–Kier alpha value is -2.09. The highest BCUT2D eigenvalue weighted by Crippen LogP contribution is 2.28. The standard InChI is InChI=1S/C16H18F3N3O2/c1-11-6-8-22(9-7-11)10-14-15(21-24-20-14)12-2-4-13(5-3-12)23-16(17,18)19/h2-5,11H,6-10H2,1H3. The van der Waals surface area contributed by atoms with Crippen LogP contribution in [0.2, 0.25) is 0 Å². The largest absolute Gasteiger partial charge is 0.573 e. The van der Waals surface area contributed by atoms with Crippen molar-refractivity contribution in [1.29, 1.82) is 0 Å². The Bertz CT molecular complexity index is 662. The number of halogens is 3. The van der Waals surface area contributed by atoms with Crippen LogP contribution in [0.25, 0.3) is 11.3 Å². The Labute approximate surface area is 137 Å². The molecule has 24 heavy (non-hydrogen) atoms. The fourth-order valence-corrected chi connectivity index (χ4v) is 2.78. The number of aromatic nitrogens is 2. The van der Waals surface area contributed by atoms with Gasteiger partial charge in [-0.15, -0.1) is 13.2 Å². The van der Waals surface area contributed by atoms with Crippen molar-refractivity contribution in [3.8, 4) is 17.0 Å². The Morgan fingerprint density at radius 2 is 1.83 bits per heavy atom. The lowest BCUT2D eigenvalue weighted by atomic mass is 9.99. The molecule has 5 nitrogen and oxygen atoms in total. The number of hydrogen-bond donors (Lipinski definition) is 0. The molecule has 0 bridgehead atoms. The summed E-state index contributed by atoms with van der Waals surface area (Å²) in [5, 5.41) is 7.84. The van der Waals surface area contributed by atoms with E-state index in [0.29, 0.717) is 23.5 Å². The number of rotatable bonds is 4. The van der Waals surface area contributed by atoms with Crippen molar-refractivity contribution in [1.82, 2.24) is 15.2 Å². The van der Waals surface area contributed by atoms with Crippen LogP contribution < -0.4 is 4.74 Å². The predicted molar refractivity (Wildman–Crippen MR) is 80.1 cm³/mol. The quantitative estimate of drug-likeness (QED) is 0.845. The average molecular weight is 341 g/mol. The van der Waals surface area contributed by atoms with E-state index < -0.39 is 6.36 Å². The van der Waals surface area contributed by atoms with Gasteiger partial charge >= 0.3 is 6.36 Å². The van der Waals surface area contributed by atoms with Crippen molar-refractivity contribution in [2.45, 2.75) is 32.7 Å². The van der Waals surface area contributed by atoms with Gasteiger partial charge in [-0.1, -0.05) is 12.1 Å². The molecular formula is C16H18F3N3O2. The number of hydrogen-bond acceptors (Lipinski definition) is 5. The van der Waals surface area contributed by atoms with E-state index in [-0.39, 0.29) is 5.75 Å². The maximum absolute atomic E-state index is 12.2. The SMILES string of the molecule is CC1CCN(Cc2nonc2-c2ccc(OC(F)(F)F)cc2)CC1. The van der Waals surface area contributed by atoms with Gasteiger partial charge in [-0.05, 0) is 61.3 Å². The van der Waals surface area contributed by atoms with Gasteiger partial charge in [-0.25, -0.2) is 4.63 Å². The van der Waals surface area contributed by atoms with Gasteiger partial charge in [0.25, 0.3) is 0 Å². The number of likely N-dealkylation sites (tertiary alicyclic amines) is 1. The number of alkyl halides is 3. The number of benzene rings is 1. The first-order chi connectivity index (χ1) is 11.4. The fraction of sp³-hybridized carbons (Fsp3) is 0.500. The van der Waals surface area contributed by atoms with Gasteiger partial charge in [0.05, 0.1) is 0 Å². The van der Waals surface area contributed by atoms with Gasteiger partial charge in [0.1, 0.15) is 17.1 Å². The Balaban J connectivity index is 1.70. The third-order valence-corrected chi connectivity index (χ3v) is 4.17. The van der Waals surface area contributed by atoms with Crippen molar-refractivity contribution in [3.63, 3.8) is 0 Å². The van der Waals surface area contributed by atoms with E-state index >= 15 is 0 Å². The summed E-state index contributed by atoms with van der Waals surface area (Å²) in [6, 6.07) is 5.54. The summed E-state index contributed by atoms with van der Waals surface area (Å²) in [4.78, 5) is 2.28. The van der Waals surface area contributed by atoms with Crippen LogP contribution in [0.4, 0.5) is 13.2 Å². The molecule has 0 aliphatic carbocycles. The highest BCUT2D eigenvalue weighted by molar-refractivity contribution is 5.61. The van der Waals surface area contributed by atoms with Crippen LogP contribution in [0.1, 0.15) is 25.5 Å². The van der Waals surface area contributed by atoms with Crippen molar-refractivity contribution >= 4 is 0 Å². The fourth-order valence-electron chi connectivity index (χ4n) is 2.78. The van der Waals surface area contributed by atoms with E-state index in [4.69, 9.17) is 4.63 Å². The van der Waals surface area contributed by atoms with Gasteiger partial charge in [0.2, 0.25) is 0 Å². The number of nitrogens with zero attached hydrogens (tertiary/aromatic N) is 3. The van der Waals surface area contributed by atoms with Crippen LogP contribution in [0.15, 0.2) is 28.9 Å². The summed E-state index contributed by atoms with van der Waals surface area (Å²) in [7, 11) is 0. The minimum atomic E-state index is -4.70. The second-order valence-electron chi connectivity index (χ2n) is 6.09. The first-order valence-electron chi connectivity index (χ1n) is 7.81. The van der Waals surface area contributed by atoms with Gasteiger partial charge < -0.3 is 4.74 Å². The minimum Gasteiger partial charge on any atom is -0.406 e. The molecule has 1 saturated heterocycles. The molecule has 2 aromatic rings.